The number of carbonyl (C=O) groups is 2. The van der Waals surface area contributed by atoms with E-state index in [2.05, 4.69) is 11.1 Å². The molecule has 2 aromatic carbocycles. The number of nitrogens with zero attached hydrogens (tertiary/aromatic N) is 2. The lowest BCUT2D eigenvalue weighted by atomic mass is 10.1. The van der Waals surface area contributed by atoms with E-state index in [9.17, 15) is 9.59 Å². The van der Waals surface area contributed by atoms with Crippen LogP contribution in [0.5, 0.6) is 17.2 Å². The number of benzene rings is 2. The highest BCUT2D eigenvalue weighted by atomic mass is 32.1. The molecule has 0 spiro atoms. The third kappa shape index (κ3) is 5.48. The molecule has 9 heteroatoms. The lowest BCUT2D eigenvalue weighted by Gasteiger charge is -2.12. The Morgan fingerprint density at radius 2 is 1.71 bits per heavy atom. The van der Waals surface area contributed by atoms with E-state index in [1.54, 1.807) is 29.7 Å². The molecule has 0 aliphatic rings. The quantitative estimate of drug-likeness (QED) is 0.354. The molecule has 0 fully saturated rings. The van der Waals surface area contributed by atoms with Crippen molar-refractivity contribution >= 4 is 39.5 Å². The summed E-state index contributed by atoms with van der Waals surface area (Å²) in [5.41, 5.74) is 3.64. The Hall–Kier alpha value is -3.59. The number of hydrogen-bond donors (Lipinski definition) is 0. The van der Waals surface area contributed by atoms with Crippen LogP contribution in [0.1, 0.15) is 23.6 Å². The van der Waals surface area contributed by atoms with Crippen molar-refractivity contribution in [3.05, 3.63) is 51.8 Å². The lowest BCUT2D eigenvalue weighted by molar-refractivity contribution is -0.143. The molecule has 0 atom stereocenters. The van der Waals surface area contributed by atoms with E-state index in [0.717, 1.165) is 21.3 Å². The molecule has 0 aliphatic heterocycles. The number of aromatic nitrogens is 1. The number of aryl methyl sites for hydroxylation is 2. The van der Waals surface area contributed by atoms with Gasteiger partial charge in [0, 0.05) is 6.08 Å². The number of hydrogen-bond acceptors (Lipinski definition) is 7. The fourth-order valence-corrected chi connectivity index (χ4v) is 4.67. The van der Waals surface area contributed by atoms with Crippen LogP contribution in [0.3, 0.4) is 0 Å². The van der Waals surface area contributed by atoms with Gasteiger partial charge in [0.1, 0.15) is 6.54 Å². The van der Waals surface area contributed by atoms with Gasteiger partial charge < -0.3 is 23.5 Å². The summed E-state index contributed by atoms with van der Waals surface area (Å²) in [6, 6.07) is 7.51. The zero-order chi connectivity index (χ0) is 24.8. The SMILES string of the molecule is CCOC(=O)Cn1c(=NC(=O)/C=C\c2cc(OC)c(OC)c(OC)c2)sc2c(C)cc(C)cc21. The van der Waals surface area contributed by atoms with Gasteiger partial charge in [0.05, 0.1) is 38.2 Å². The van der Waals surface area contributed by atoms with Gasteiger partial charge in [-0.3, -0.25) is 9.59 Å². The standard InChI is InChI=1S/C25H28N2O6S/c1-7-33-22(29)14-27-18-11-15(2)10-16(3)24(18)34-25(27)26-21(28)9-8-17-12-19(30-4)23(32-6)20(13-17)31-5/h8-13H,7,14H2,1-6H3/b9-8-,26-25?. The molecule has 0 aliphatic carbocycles. The summed E-state index contributed by atoms with van der Waals surface area (Å²) < 4.78 is 23.9. The van der Waals surface area contributed by atoms with Gasteiger partial charge in [0.25, 0.3) is 5.91 Å². The molecule has 180 valence electrons. The van der Waals surface area contributed by atoms with E-state index in [1.165, 1.54) is 38.7 Å². The Morgan fingerprint density at radius 3 is 2.29 bits per heavy atom. The minimum Gasteiger partial charge on any atom is -0.493 e. The molecule has 1 aromatic heterocycles. The smallest absolute Gasteiger partial charge is 0.326 e. The second-order valence-electron chi connectivity index (χ2n) is 7.45. The largest absolute Gasteiger partial charge is 0.493 e. The van der Waals surface area contributed by atoms with Crippen molar-refractivity contribution in [2.75, 3.05) is 27.9 Å². The van der Waals surface area contributed by atoms with E-state index in [1.807, 2.05) is 19.9 Å². The van der Waals surface area contributed by atoms with Gasteiger partial charge in [0.15, 0.2) is 16.3 Å². The Balaban J connectivity index is 2.02. The topological polar surface area (TPSA) is 88.4 Å². The first kappa shape index (κ1) is 25.0. The number of esters is 1. The summed E-state index contributed by atoms with van der Waals surface area (Å²) >= 11 is 1.36. The number of methoxy groups -OCH3 is 3. The molecule has 1 heterocycles. The molecule has 0 radical (unpaired) electrons. The summed E-state index contributed by atoms with van der Waals surface area (Å²) in [7, 11) is 4.58. The molecular weight excluding hydrogens is 456 g/mol. The van der Waals surface area contributed by atoms with Crippen LogP contribution in [0.2, 0.25) is 0 Å². The Kier molecular flexibility index (Phi) is 8.12. The van der Waals surface area contributed by atoms with Gasteiger partial charge in [-0.1, -0.05) is 17.4 Å². The zero-order valence-electron chi connectivity index (χ0n) is 20.1. The van der Waals surface area contributed by atoms with Crippen LogP contribution in [0, 0.1) is 13.8 Å². The summed E-state index contributed by atoms with van der Waals surface area (Å²) in [4.78, 5) is 29.7. The number of ether oxygens (including phenoxy) is 4. The molecule has 1 amide bonds. The van der Waals surface area contributed by atoms with E-state index < -0.39 is 5.91 Å². The van der Waals surface area contributed by atoms with Crippen LogP contribution in [-0.2, 0) is 20.9 Å². The maximum Gasteiger partial charge on any atom is 0.326 e. The number of carbonyl (C=O) groups excluding carboxylic acids is 2. The fraction of sp³-hybridized carbons (Fsp3) is 0.320. The highest BCUT2D eigenvalue weighted by Crippen LogP contribution is 2.38. The average molecular weight is 485 g/mol. The molecule has 0 bridgehead atoms. The molecule has 3 rings (SSSR count). The molecule has 0 unspecified atom stereocenters. The van der Waals surface area contributed by atoms with Gasteiger partial charge >= 0.3 is 5.97 Å². The summed E-state index contributed by atoms with van der Waals surface area (Å²) in [5.74, 6) is 0.576. The van der Waals surface area contributed by atoms with Crippen molar-refractivity contribution in [3.63, 3.8) is 0 Å². The third-order valence-corrected chi connectivity index (χ3v) is 6.25. The van der Waals surface area contributed by atoms with Crippen molar-refractivity contribution in [1.82, 2.24) is 4.57 Å². The summed E-state index contributed by atoms with van der Waals surface area (Å²) in [5, 5.41) is 0. The monoisotopic (exact) mass is 484 g/mol. The number of rotatable bonds is 8. The van der Waals surface area contributed by atoms with Crippen LogP contribution in [-0.4, -0.2) is 44.4 Å². The fourth-order valence-electron chi connectivity index (χ4n) is 3.58. The van der Waals surface area contributed by atoms with Crippen molar-refractivity contribution < 1.29 is 28.5 Å². The van der Waals surface area contributed by atoms with Gasteiger partial charge in [-0.25, -0.2) is 0 Å². The highest BCUT2D eigenvalue weighted by Gasteiger charge is 2.15. The van der Waals surface area contributed by atoms with E-state index >= 15 is 0 Å². The zero-order valence-corrected chi connectivity index (χ0v) is 20.9. The van der Waals surface area contributed by atoms with Crippen molar-refractivity contribution in [3.8, 4) is 17.2 Å². The first-order valence-corrected chi connectivity index (χ1v) is 11.5. The predicted octanol–water partition coefficient (Wildman–Crippen LogP) is 4.05. The molecule has 3 aromatic rings. The van der Waals surface area contributed by atoms with Crippen LogP contribution < -0.4 is 19.0 Å². The molecule has 0 saturated carbocycles. The second-order valence-corrected chi connectivity index (χ2v) is 8.43. The first-order chi connectivity index (χ1) is 16.3. The van der Waals surface area contributed by atoms with Crippen LogP contribution in [0.4, 0.5) is 0 Å². The highest BCUT2D eigenvalue weighted by molar-refractivity contribution is 7.16. The van der Waals surface area contributed by atoms with Crippen LogP contribution in [0.25, 0.3) is 16.3 Å². The Labute approximate surface area is 202 Å². The molecule has 0 N–H and O–H groups in total. The number of thiazole rings is 1. The van der Waals surface area contributed by atoms with Gasteiger partial charge in [0.2, 0.25) is 5.75 Å². The maximum atomic E-state index is 12.7. The van der Waals surface area contributed by atoms with Gasteiger partial charge in [-0.05, 0) is 61.7 Å². The molecule has 0 saturated heterocycles. The van der Waals surface area contributed by atoms with Gasteiger partial charge in [-0.15, -0.1) is 0 Å². The predicted molar refractivity (Wildman–Crippen MR) is 132 cm³/mol. The minimum atomic E-state index is -0.465. The lowest BCUT2D eigenvalue weighted by Crippen LogP contribution is -2.22. The molecular formula is C25H28N2O6S. The van der Waals surface area contributed by atoms with Crippen LogP contribution >= 0.6 is 11.3 Å². The third-order valence-electron chi connectivity index (χ3n) is 5.02. The molecule has 34 heavy (non-hydrogen) atoms. The Morgan fingerprint density at radius 1 is 1.03 bits per heavy atom. The molecule has 8 nitrogen and oxygen atoms in total. The van der Waals surface area contributed by atoms with Crippen molar-refractivity contribution in [2.24, 2.45) is 4.99 Å². The summed E-state index contributed by atoms with van der Waals surface area (Å²) in [6.07, 6.45) is 2.98. The maximum absolute atomic E-state index is 12.7. The average Bonchev–Trinajstić information content (AvgIpc) is 3.13. The van der Waals surface area contributed by atoms with E-state index in [-0.39, 0.29) is 19.1 Å². The number of amides is 1. The van der Waals surface area contributed by atoms with Crippen molar-refractivity contribution in [2.45, 2.75) is 27.3 Å². The normalized spacial score (nSPS) is 11.8. The van der Waals surface area contributed by atoms with Crippen LogP contribution in [0.15, 0.2) is 35.3 Å². The second kappa shape index (κ2) is 11.0. The minimum absolute atomic E-state index is 0.0283. The van der Waals surface area contributed by atoms with E-state index in [0.29, 0.717) is 27.6 Å². The Bertz CT molecular complexity index is 1290. The summed E-state index contributed by atoms with van der Waals surface area (Å²) in [6.45, 7) is 5.99. The van der Waals surface area contributed by atoms with E-state index in [4.69, 9.17) is 18.9 Å². The van der Waals surface area contributed by atoms with Crippen molar-refractivity contribution in [1.29, 1.82) is 0 Å². The first-order valence-electron chi connectivity index (χ1n) is 10.6. The number of fused-ring (bicyclic) bond motifs is 1. The van der Waals surface area contributed by atoms with Gasteiger partial charge in [-0.2, -0.15) is 4.99 Å².